The molecule has 12 aromatic rings. The monoisotopic (exact) mass is 776 g/mol. The van der Waals surface area contributed by atoms with Gasteiger partial charge < -0.3 is 9.32 Å². The molecule has 0 spiro atoms. The van der Waals surface area contributed by atoms with Crippen molar-refractivity contribution in [1.82, 2.24) is 4.98 Å². The molecule has 5 heteroatoms. The summed E-state index contributed by atoms with van der Waals surface area (Å²) in [5, 5.41) is 8.24. The quantitative estimate of drug-likeness (QED) is 0.168. The summed E-state index contributed by atoms with van der Waals surface area (Å²) in [5.74, 6) is 0. The van der Waals surface area contributed by atoms with Crippen LogP contribution in [0.25, 0.3) is 95.9 Å². The molecule has 0 bridgehead atoms. The van der Waals surface area contributed by atoms with E-state index in [0.717, 1.165) is 60.7 Å². The standard InChI is InChI=1S/C53H32N2OS2/c1-3-12-33(13-4-1)34-22-25-37(26-23-34)55(38-27-28-47-43(31-38)41-17-9-10-20-46(41)56-47)45-32-50-51(42-18-8-7-16-40(42)45)44-30-36(24-29-48(44)57-50)39-19-11-21-49-52(39)54-53(58-49)35-14-5-2-6-15-35/h1-32H. The van der Waals surface area contributed by atoms with E-state index in [1.807, 2.05) is 23.5 Å². The Hall–Kier alpha value is -7.05. The Labute approximate surface area is 342 Å². The van der Waals surface area contributed by atoms with Crippen LogP contribution in [0.5, 0.6) is 0 Å². The minimum Gasteiger partial charge on any atom is -0.456 e. The van der Waals surface area contributed by atoms with Crippen LogP contribution < -0.4 is 4.90 Å². The van der Waals surface area contributed by atoms with Gasteiger partial charge in [0.2, 0.25) is 0 Å². The second-order valence-corrected chi connectivity index (χ2v) is 16.8. The van der Waals surface area contributed by atoms with Gasteiger partial charge in [0.05, 0.1) is 15.9 Å². The number of anilines is 3. The predicted molar refractivity (Wildman–Crippen MR) is 248 cm³/mol. The lowest BCUT2D eigenvalue weighted by Crippen LogP contribution is -2.10. The minimum atomic E-state index is 0.884. The van der Waals surface area contributed by atoms with Crippen LogP contribution in [0.4, 0.5) is 17.1 Å². The first-order valence-electron chi connectivity index (χ1n) is 19.4. The van der Waals surface area contributed by atoms with Crippen molar-refractivity contribution in [2.75, 3.05) is 4.90 Å². The Morgan fingerprint density at radius 3 is 1.90 bits per heavy atom. The number of thiophene rings is 1. The van der Waals surface area contributed by atoms with Crippen molar-refractivity contribution in [2.24, 2.45) is 0 Å². The summed E-state index contributed by atoms with van der Waals surface area (Å²) in [6.07, 6.45) is 0. The first kappa shape index (κ1) is 33.1. The van der Waals surface area contributed by atoms with Crippen LogP contribution in [0.2, 0.25) is 0 Å². The molecule has 272 valence electrons. The lowest BCUT2D eigenvalue weighted by molar-refractivity contribution is 0.669. The molecule has 58 heavy (non-hydrogen) atoms. The molecule has 9 aromatic carbocycles. The molecule has 0 fully saturated rings. The molecule has 0 aliphatic heterocycles. The molecule has 0 N–H and O–H groups in total. The fraction of sp³-hybridized carbons (Fsp3) is 0. The summed E-state index contributed by atoms with van der Waals surface area (Å²) < 4.78 is 10.0. The Morgan fingerprint density at radius 1 is 0.397 bits per heavy atom. The fourth-order valence-corrected chi connectivity index (χ4v) is 10.7. The van der Waals surface area contributed by atoms with Crippen LogP contribution in [-0.2, 0) is 0 Å². The molecule has 3 aromatic heterocycles. The molecule has 0 saturated carbocycles. The Kier molecular flexibility index (Phi) is 7.58. The van der Waals surface area contributed by atoms with Gasteiger partial charge in [0, 0.05) is 58.8 Å². The zero-order valence-corrected chi connectivity index (χ0v) is 32.7. The Bertz CT molecular complexity index is 3510. The third-order valence-electron chi connectivity index (χ3n) is 11.3. The van der Waals surface area contributed by atoms with Crippen molar-refractivity contribution >= 4 is 103 Å². The van der Waals surface area contributed by atoms with Gasteiger partial charge in [0.15, 0.2) is 0 Å². The number of furan rings is 1. The second-order valence-electron chi connectivity index (χ2n) is 14.7. The van der Waals surface area contributed by atoms with Crippen LogP contribution in [0.1, 0.15) is 0 Å². The maximum atomic E-state index is 6.29. The molecule has 0 aliphatic carbocycles. The van der Waals surface area contributed by atoms with E-state index in [1.54, 1.807) is 11.3 Å². The summed E-state index contributed by atoms with van der Waals surface area (Å²) in [7, 11) is 0. The molecule has 0 saturated heterocycles. The number of fused-ring (bicyclic) bond motifs is 9. The van der Waals surface area contributed by atoms with Crippen LogP contribution in [0.15, 0.2) is 199 Å². The fourth-order valence-electron chi connectivity index (χ4n) is 8.57. The molecule has 0 unspecified atom stereocenters. The van der Waals surface area contributed by atoms with Crippen LogP contribution in [-0.4, -0.2) is 4.98 Å². The van der Waals surface area contributed by atoms with Crippen molar-refractivity contribution in [3.63, 3.8) is 0 Å². The van der Waals surface area contributed by atoms with Gasteiger partial charge in [-0.2, -0.15) is 0 Å². The number of thiazole rings is 1. The van der Waals surface area contributed by atoms with E-state index in [0.29, 0.717) is 0 Å². The molecule has 0 aliphatic rings. The predicted octanol–water partition coefficient (Wildman–Crippen LogP) is 16.2. The lowest BCUT2D eigenvalue weighted by atomic mass is 9.98. The maximum Gasteiger partial charge on any atom is 0.135 e. The summed E-state index contributed by atoms with van der Waals surface area (Å²) in [4.78, 5) is 7.61. The lowest BCUT2D eigenvalue weighted by Gasteiger charge is -2.27. The number of aromatic nitrogens is 1. The molecule has 12 rings (SSSR count). The highest BCUT2D eigenvalue weighted by atomic mass is 32.1. The Morgan fingerprint density at radius 2 is 1.07 bits per heavy atom. The van der Waals surface area contributed by atoms with E-state index < -0.39 is 0 Å². The van der Waals surface area contributed by atoms with Gasteiger partial charge in [-0.05, 0) is 82.7 Å². The zero-order chi connectivity index (χ0) is 38.2. The van der Waals surface area contributed by atoms with E-state index in [9.17, 15) is 0 Å². The van der Waals surface area contributed by atoms with E-state index >= 15 is 0 Å². The number of nitrogens with zero attached hydrogens (tertiary/aromatic N) is 2. The molecule has 0 amide bonds. The van der Waals surface area contributed by atoms with Gasteiger partial charge in [-0.3, -0.25) is 0 Å². The van der Waals surface area contributed by atoms with Crippen molar-refractivity contribution in [2.45, 2.75) is 0 Å². The molecular formula is C53H32N2OS2. The third kappa shape index (κ3) is 5.36. The van der Waals surface area contributed by atoms with Gasteiger partial charge in [0.1, 0.15) is 16.2 Å². The summed E-state index contributed by atoms with van der Waals surface area (Å²) in [6, 6.07) is 69.7. The highest BCUT2D eigenvalue weighted by molar-refractivity contribution is 7.26. The number of hydrogen-bond acceptors (Lipinski definition) is 5. The molecule has 0 atom stereocenters. The second kappa shape index (κ2) is 13.3. The smallest absolute Gasteiger partial charge is 0.135 e. The van der Waals surface area contributed by atoms with Crippen molar-refractivity contribution in [1.29, 1.82) is 0 Å². The number of hydrogen-bond donors (Lipinski definition) is 0. The van der Waals surface area contributed by atoms with Gasteiger partial charge in [-0.1, -0.05) is 133 Å². The third-order valence-corrected chi connectivity index (χ3v) is 13.5. The van der Waals surface area contributed by atoms with Crippen LogP contribution in [0, 0.1) is 0 Å². The normalized spacial score (nSPS) is 11.8. The SMILES string of the molecule is c1ccc(-c2ccc(N(c3ccc4oc5ccccc5c4c3)c3cc4sc5ccc(-c6cccc7sc(-c8ccccc8)nc67)cc5c4c4ccccc34)cc2)cc1. The summed E-state index contributed by atoms with van der Waals surface area (Å²) in [5.41, 5.74) is 12.0. The van der Waals surface area contributed by atoms with Crippen LogP contribution >= 0.6 is 22.7 Å². The van der Waals surface area contributed by atoms with Gasteiger partial charge >= 0.3 is 0 Å². The van der Waals surface area contributed by atoms with Crippen molar-refractivity contribution < 1.29 is 4.42 Å². The summed E-state index contributed by atoms with van der Waals surface area (Å²) >= 11 is 3.61. The van der Waals surface area contributed by atoms with Crippen LogP contribution in [0.3, 0.4) is 0 Å². The molecule has 0 radical (unpaired) electrons. The van der Waals surface area contributed by atoms with Crippen molar-refractivity contribution in [3.8, 4) is 32.8 Å². The average molecular weight is 777 g/mol. The molecule has 3 nitrogen and oxygen atoms in total. The highest BCUT2D eigenvalue weighted by Crippen LogP contribution is 2.48. The topological polar surface area (TPSA) is 29.3 Å². The summed E-state index contributed by atoms with van der Waals surface area (Å²) in [6.45, 7) is 0. The van der Waals surface area contributed by atoms with Crippen molar-refractivity contribution in [3.05, 3.63) is 194 Å². The van der Waals surface area contributed by atoms with E-state index in [2.05, 4.69) is 187 Å². The van der Waals surface area contributed by atoms with Gasteiger partial charge in [-0.25, -0.2) is 4.98 Å². The number of para-hydroxylation sites is 2. The average Bonchev–Trinajstić information content (AvgIpc) is 4.01. The van der Waals surface area contributed by atoms with E-state index in [1.165, 1.54) is 52.3 Å². The molecular weight excluding hydrogens is 745 g/mol. The first-order chi connectivity index (χ1) is 28.7. The number of benzene rings is 9. The minimum absolute atomic E-state index is 0.884. The van der Waals surface area contributed by atoms with Gasteiger partial charge in [0.25, 0.3) is 0 Å². The van der Waals surface area contributed by atoms with E-state index in [4.69, 9.17) is 9.40 Å². The maximum absolute atomic E-state index is 6.29. The molecule has 3 heterocycles. The van der Waals surface area contributed by atoms with E-state index in [-0.39, 0.29) is 0 Å². The zero-order valence-electron chi connectivity index (χ0n) is 31.1. The highest BCUT2D eigenvalue weighted by Gasteiger charge is 2.22. The largest absolute Gasteiger partial charge is 0.456 e. The van der Waals surface area contributed by atoms with Gasteiger partial charge in [-0.15, -0.1) is 22.7 Å². The Balaban J connectivity index is 1.06. The number of rotatable bonds is 6. The first-order valence-corrected chi connectivity index (χ1v) is 21.1.